The number of hydrogen-bond donors (Lipinski definition) is 1. The second kappa shape index (κ2) is 8.03. The molecule has 34 heavy (non-hydrogen) atoms. The van der Waals surface area contributed by atoms with Crippen LogP contribution in [0.4, 0.5) is 0 Å². The third-order valence-corrected chi connectivity index (χ3v) is 8.29. The first kappa shape index (κ1) is 22.8. The highest BCUT2D eigenvalue weighted by Gasteiger charge is 2.62. The molecule has 1 N–H and O–H groups in total. The van der Waals surface area contributed by atoms with E-state index >= 15 is 0 Å². The van der Waals surface area contributed by atoms with E-state index in [0.717, 1.165) is 61.8 Å². The van der Waals surface area contributed by atoms with Crippen LogP contribution in [0.5, 0.6) is 23.0 Å². The molecule has 2 aliphatic carbocycles. The molecule has 0 bridgehead atoms. The Bertz CT molecular complexity index is 1180. The van der Waals surface area contributed by atoms with Gasteiger partial charge in [0.25, 0.3) is 0 Å². The van der Waals surface area contributed by atoms with Crippen LogP contribution in [0.1, 0.15) is 81.0 Å². The Labute approximate surface area is 200 Å². The van der Waals surface area contributed by atoms with Crippen LogP contribution in [-0.2, 0) is 20.6 Å². The number of aromatic hydroxyl groups is 1. The molecule has 6 nitrogen and oxygen atoms in total. The van der Waals surface area contributed by atoms with Crippen molar-refractivity contribution in [1.29, 1.82) is 0 Å². The van der Waals surface area contributed by atoms with Crippen molar-refractivity contribution in [2.75, 3.05) is 0 Å². The molecule has 5 rings (SSSR count). The molecule has 0 saturated heterocycles. The predicted octanol–water partition coefficient (Wildman–Crippen LogP) is 5.76. The van der Waals surface area contributed by atoms with E-state index in [1.54, 1.807) is 13.0 Å². The molecule has 0 amide bonds. The van der Waals surface area contributed by atoms with E-state index < -0.39 is 11.6 Å². The zero-order valence-corrected chi connectivity index (χ0v) is 20.3. The second-order valence-corrected chi connectivity index (χ2v) is 10.1. The van der Waals surface area contributed by atoms with E-state index in [1.807, 2.05) is 19.1 Å². The molecule has 1 spiro atoms. The third kappa shape index (κ3) is 3.22. The van der Waals surface area contributed by atoms with Crippen molar-refractivity contribution in [3.8, 4) is 23.0 Å². The number of rotatable bonds is 3. The van der Waals surface area contributed by atoms with Crippen molar-refractivity contribution in [3.63, 3.8) is 0 Å². The van der Waals surface area contributed by atoms with E-state index in [2.05, 4.69) is 6.07 Å². The Morgan fingerprint density at radius 3 is 2.09 bits per heavy atom. The summed E-state index contributed by atoms with van der Waals surface area (Å²) in [6.45, 7) is 6.46. The monoisotopic (exact) mass is 464 g/mol. The van der Waals surface area contributed by atoms with Crippen LogP contribution >= 0.6 is 0 Å². The second-order valence-electron chi connectivity index (χ2n) is 10.1. The molecule has 2 aromatic carbocycles. The molecule has 3 aliphatic rings. The number of phenolic OH excluding ortho intramolecular Hbond substituents is 1. The van der Waals surface area contributed by atoms with Crippen molar-refractivity contribution < 1.29 is 28.9 Å². The Hall–Kier alpha value is -3.02. The summed E-state index contributed by atoms with van der Waals surface area (Å²) in [7, 11) is 0. The molecule has 2 aromatic rings. The maximum absolute atomic E-state index is 11.7. The van der Waals surface area contributed by atoms with Gasteiger partial charge in [0, 0.05) is 47.4 Å². The summed E-state index contributed by atoms with van der Waals surface area (Å²) in [6.07, 6.45) is 7.28. The summed E-state index contributed by atoms with van der Waals surface area (Å²) in [5.41, 5.74) is 2.56. The zero-order chi connectivity index (χ0) is 24.3. The molecular formula is C28H32O6. The number of ether oxygens (including phenoxy) is 3. The van der Waals surface area contributed by atoms with Crippen LogP contribution in [-0.4, -0.2) is 17.0 Å². The van der Waals surface area contributed by atoms with Crippen LogP contribution < -0.4 is 14.2 Å². The lowest BCUT2D eigenvalue weighted by Gasteiger charge is -2.52. The first-order valence-corrected chi connectivity index (χ1v) is 12.2. The number of hydrogen-bond acceptors (Lipinski definition) is 6. The minimum atomic E-state index is -0.694. The fraction of sp³-hybridized carbons (Fsp3) is 0.500. The van der Waals surface area contributed by atoms with Crippen molar-refractivity contribution in [3.05, 3.63) is 46.5 Å². The highest BCUT2D eigenvalue weighted by Crippen LogP contribution is 2.66. The first-order chi connectivity index (χ1) is 16.2. The summed E-state index contributed by atoms with van der Waals surface area (Å²) in [6, 6.07) is 7.61. The molecule has 0 unspecified atom stereocenters. The largest absolute Gasteiger partial charge is 0.507 e. The molecular weight excluding hydrogens is 432 g/mol. The molecule has 180 valence electrons. The van der Waals surface area contributed by atoms with Crippen LogP contribution in [0.2, 0.25) is 0 Å². The maximum atomic E-state index is 11.7. The summed E-state index contributed by atoms with van der Waals surface area (Å²) >= 11 is 0. The number of esters is 2. The number of benzene rings is 2. The van der Waals surface area contributed by atoms with Crippen molar-refractivity contribution in [2.24, 2.45) is 5.92 Å². The fourth-order valence-corrected chi connectivity index (χ4v) is 6.94. The molecule has 1 aliphatic heterocycles. The molecule has 0 aromatic heterocycles. The van der Waals surface area contributed by atoms with E-state index in [1.165, 1.54) is 19.4 Å². The average molecular weight is 465 g/mol. The summed E-state index contributed by atoms with van der Waals surface area (Å²) in [4.78, 5) is 23.2. The molecule has 2 fully saturated rings. The number of carbonyl (C=O) groups is 2. The van der Waals surface area contributed by atoms with E-state index in [9.17, 15) is 14.7 Å². The lowest BCUT2D eigenvalue weighted by molar-refractivity contribution is -0.132. The van der Waals surface area contributed by atoms with Gasteiger partial charge in [0.05, 0.1) is 0 Å². The standard InChI is InChI=1S/C28H32O6/c1-16-22(32-18(3)29)11-9-20(25(16)31)28-15-7-8-24(28)27(13-5-6-14-27)21-10-12-23(33-19(4)30)17(2)26(21)34-28/h9-12,24,31H,5-8,13-15H2,1-4H3/t24-,28-/m1/s1. The summed E-state index contributed by atoms with van der Waals surface area (Å²) in [5, 5.41) is 11.4. The van der Waals surface area contributed by atoms with Crippen LogP contribution in [0.15, 0.2) is 24.3 Å². The van der Waals surface area contributed by atoms with Crippen molar-refractivity contribution >= 4 is 11.9 Å². The highest BCUT2D eigenvalue weighted by molar-refractivity contribution is 5.71. The van der Waals surface area contributed by atoms with Gasteiger partial charge in [-0.2, -0.15) is 0 Å². The van der Waals surface area contributed by atoms with Gasteiger partial charge in [-0.3, -0.25) is 9.59 Å². The van der Waals surface area contributed by atoms with Gasteiger partial charge in [0.2, 0.25) is 0 Å². The fourth-order valence-electron chi connectivity index (χ4n) is 6.94. The summed E-state index contributed by atoms with van der Waals surface area (Å²) in [5.74, 6) is 1.21. The van der Waals surface area contributed by atoms with Gasteiger partial charge >= 0.3 is 11.9 Å². The number of carbonyl (C=O) groups excluding carboxylic acids is 2. The van der Waals surface area contributed by atoms with Gasteiger partial charge in [-0.15, -0.1) is 0 Å². The number of fused-ring (bicyclic) bond motifs is 4. The lowest BCUT2D eigenvalue weighted by Crippen LogP contribution is -2.51. The Morgan fingerprint density at radius 2 is 1.47 bits per heavy atom. The lowest BCUT2D eigenvalue weighted by atomic mass is 9.60. The zero-order valence-electron chi connectivity index (χ0n) is 20.3. The third-order valence-electron chi connectivity index (χ3n) is 8.29. The van der Waals surface area contributed by atoms with Gasteiger partial charge in [-0.1, -0.05) is 18.9 Å². The van der Waals surface area contributed by atoms with Crippen LogP contribution in [0, 0.1) is 19.8 Å². The number of phenols is 1. The van der Waals surface area contributed by atoms with E-state index in [-0.39, 0.29) is 23.1 Å². The molecule has 0 radical (unpaired) electrons. The van der Waals surface area contributed by atoms with Crippen molar-refractivity contribution in [2.45, 2.75) is 83.7 Å². The minimum Gasteiger partial charge on any atom is -0.507 e. The minimum absolute atomic E-state index is 0.0432. The molecule has 2 saturated carbocycles. The molecule has 6 heteroatoms. The highest BCUT2D eigenvalue weighted by atomic mass is 16.5. The van der Waals surface area contributed by atoms with Gasteiger partial charge in [0.1, 0.15) is 28.6 Å². The predicted molar refractivity (Wildman–Crippen MR) is 126 cm³/mol. The topological polar surface area (TPSA) is 82.1 Å². The molecule has 2 atom stereocenters. The van der Waals surface area contributed by atoms with Gasteiger partial charge in [-0.25, -0.2) is 0 Å². The SMILES string of the molecule is CC(=O)Oc1ccc([C@]23CCC[C@@H]2C2(CCCC2)c2ccc(OC(C)=O)c(C)c2O3)c(O)c1C. The average Bonchev–Trinajstić information content (AvgIpc) is 3.42. The summed E-state index contributed by atoms with van der Waals surface area (Å²) < 4.78 is 17.8. The van der Waals surface area contributed by atoms with E-state index in [0.29, 0.717) is 17.1 Å². The van der Waals surface area contributed by atoms with E-state index in [4.69, 9.17) is 14.2 Å². The molecule has 1 heterocycles. The first-order valence-electron chi connectivity index (χ1n) is 12.2. The van der Waals surface area contributed by atoms with Gasteiger partial charge in [0.15, 0.2) is 0 Å². The van der Waals surface area contributed by atoms with Gasteiger partial charge in [-0.05, 0) is 64.2 Å². The maximum Gasteiger partial charge on any atom is 0.308 e. The quantitative estimate of drug-likeness (QED) is 0.459. The normalized spacial score (nSPS) is 24.3. The smallest absolute Gasteiger partial charge is 0.308 e. The van der Waals surface area contributed by atoms with Crippen molar-refractivity contribution in [1.82, 2.24) is 0 Å². The van der Waals surface area contributed by atoms with Crippen LogP contribution in [0.25, 0.3) is 0 Å². The Kier molecular flexibility index (Phi) is 5.38. The van der Waals surface area contributed by atoms with Gasteiger partial charge < -0.3 is 19.3 Å². The Morgan fingerprint density at radius 1 is 0.882 bits per heavy atom. The Balaban J connectivity index is 1.71. The van der Waals surface area contributed by atoms with Crippen LogP contribution in [0.3, 0.4) is 0 Å².